The second-order valence-electron chi connectivity index (χ2n) is 10.3. The highest BCUT2D eigenvalue weighted by atomic mass is 16.5. The van der Waals surface area contributed by atoms with E-state index in [0.29, 0.717) is 56.1 Å². The van der Waals surface area contributed by atoms with Crippen molar-refractivity contribution in [2.24, 2.45) is 5.92 Å². The Morgan fingerprint density at radius 1 is 0.952 bits per heavy atom. The Hall–Kier alpha value is -4.61. The van der Waals surface area contributed by atoms with Gasteiger partial charge in [-0.15, -0.1) is 0 Å². The minimum Gasteiger partial charge on any atom is -0.465 e. The molecule has 0 aliphatic carbocycles. The Morgan fingerprint density at radius 2 is 1.48 bits per heavy atom. The van der Waals surface area contributed by atoms with Crippen LogP contribution in [0.1, 0.15) is 48.2 Å². The van der Waals surface area contributed by atoms with Crippen LogP contribution in [-0.2, 0) is 15.1 Å². The van der Waals surface area contributed by atoms with Crippen molar-refractivity contribution >= 4 is 17.6 Å². The number of nitriles is 1. The van der Waals surface area contributed by atoms with Gasteiger partial charge in [0.25, 0.3) is 5.91 Å². The molecule has 0 atom stereocenters. The summed E-state index contributed by atoms with van der Waals surface area (Å²) in [5, 5.41) is 25.5. The molecule has 4 rings (SSSR count). The molecule has 1 fully saturated rings. The molecule has 8 nitrogen and oxygen atoms in total. The number of rotatable bonds is 10. The Balaban J connectivity index is 1.61. The molecule has 0 unspecified atom stereocenters. The normalized spacial score (nSPS) is 14.4. The summed E-state index contributed by atoms with van der Waals surface area (Å²) in [5.41, 5.74) is 1.51. The number of anilines is 1. The van der Waals surface area contributed by atoms with Crippen molar-refractivity contribution in [2.45, 2.75) is 32.3 Å². The average molecular weight is 567 g/mol. The number of methoxy groups -OCH3 is 1. The first-order valence-corrected chi connectivity index (χ1v) is 14.3. The molecule has 1 heterocycles. The SMILES string of the molecule is CCN(CC)C(=O)c1ccc(N/C(=C(\C#N)C(=O)OC)N2CCC(C(O)(c3ccccc3)c3ccccc3)CC2)cc1. The lowest BCUT2D eigenvalue weighted by atomic mass is 9.72. The number of ether oxygens (including phenoxy) is 1. The van der Waals surface area contributed by atoms with Gasteiger partial charge >= 0.3 is 5.97 Å². The van der Waals surface area contributed by atoms with E-state index in [1.165, 1.54) is 7.11 Å². The zero-order valence-electron chi connectivity index (χ0n) is 24.4. The van der Waals surface area contributed by atoms with E-state index in [2.05, 4.69) is 5.32 Å². The molecule has 0 saturated carbocycles. The second-order valence-corrected chi connectivity index (χ2v) is 10.3. The number of nitrogens with one attached hydrogen (secondary N) is 1. The fraction of sp³-hybridized carbons (Fsp3) is 0.324. The highest BCUT2D eigenvalue weighted by Crippen LogP contribution is 2.42. The molecule has 0 bridgehead atoms. The van der Waals surface area contributed by atoms with E-state index in [4.69, 9.17) is 4.74 Å². The van der Waals surface area contributed by atoms with Gasteiger partial charge in [0.2, 0.25) is 0 Å². The Kier molecular flexibility index (Phi) is 10.00. The summed E-state index contributed by atoms with van der Waals surface area (Å²) >= 11 is 0. The molecule has 1 amide bonds. The van der Waals surface area contributed by atoms with Crippen LogP contribution in [0.4, 0.5) is 5.69 Å². The fourth-order valence-electron chi connectivity index (χ4n) is 5.67. The second kappa shape index (κ2) is 13.8. The standard InChI is InChI=1S/C34H38N4O4/c1-4-37(5-2)32(39)25-16-18-29(19-17-25)36-31(30(24-35)33(40)42-3)38-22-20-28(21-23-38)34(41,26-12-8-6-9-13-26)27-14-10-7-11-15-27/h6-19,28,36,41H,4-5,20-23H2,1-3H3/b31-30-. The van der Waals surface area contributed by atoms with Crippen LogP contribution in [0.5, 0.6) is 0 Å². The van der Waals surface area contributed by atoms with E-state index >= 15 is 0 Å². The summed E-state index contributed by atoms with van der Waals surface area (Å²) in [7, 11) is 1.25. The molecule has 218 valence electrons. The summed E-state index contributed by atoms with van der Waals surface area (Å²) < 4.78 is 4.93. The van der Waals surface area contributed by atoms with Crippen LogP contribution in [0.2, 0.25) is 0 Å². The summed E-state index contributed by atoms with van der Waals surface area (Å²) in [6, 6.07) is 28.4. The van der Waals surface area contributed by atoms with Crippen molar-refractivity contribution in [2.75, 3.05) is 38.6 Å². The highest BCUT2D eigenvalue weighted by Gasteiger charge is 2.42. The predicted molar refractivity (Wildman–Crippen MR) is 162 cm³/mol. The predicted octanol–water partition coefficient (Wildman–Crippen LogP) is 5.14. The van der Waals surface area contributed by atoms with Gasteiger partial charge in [-0.3, -0.25) is 4.79 Å². The lowest BCUT2D eigenvalue weighted by Gasteiger charge is -2.43. The summed E-state index contributed by atoms with van der Waals surface area (Å²) in [5.74, 6) is -0.552. The maximum Gasteiger partial charge on any atom is 0.352 e. The first-order chi connectivity index (χ1) is 20.4. The maximum absolute atomic E-state index is 12.8. The van der Waals surface area contributed by atoms with Gasteiger partial charge in [-0.1, -0.05) is 60.7 Å². The van der Waals surface area contributed by atoms with Crippen LogP contribution >= 0.6 is 0 Å². The monoisotopic (exact) mass is 566 g/mol. The minimum absolute atomic E-state index is 0.0546. The van der Waals surface area contributed by atoms with Crippen LogP contribution in [0.15, 0.2) is 96.3 Å². The molecule has 1 aliphatic rings. The number of hydrogen-bond acceptors (Lipinski definition) is 7. The van der Waals surface area contributed by atoms with Crippen molar-refractivity contribution in [3.8, 4) is 6.07 Å². The molecular formula is C34H38N4O4. The highest BCUT2D eigenvalue weighted by molar-refractivity contribution is 5.95. The van der Waals surface area contributed by atoms with Gasteiger partial charge < -0.3 is 25.0 Å². The largest absolute Gasteiger partial charge is 0.465 e. The molecule has 8 heteroatoms. The average Bonchev–Trinajstić information content (AvgIpc) is 3.05. The number of likely N-dealkylation sites (tertiary alicyclic amines) is 1. The third-order valence-corrected chi connectivity index (χ3v) is 8.01. The molecule has 3 aromatic rings. The lowest BCUT2D eigenvalue weighted by Crippen LogP contribution is -2.45. The van der Waals surface area contributed by atoms with E-state index in [9.17, 15) is 20.0 Å². The lowest BCUT2D eigenvalue weighted by molar-refractivity contribution is -0.135. The number of carbonyl (C=O) groups excluding carboxylic acids is 2. The number of carbonyl (C=O) groups is 2. The van der Waals surface area contributed by atoms with E-state index in [0.717, 1.165) is 11.1 Å². The Morgan fingerprint density at radius 3 is 1.93 bits per heavy atom. The van der Waals surface area contributed by atoms with Gasteiger partial charge in [0.15, 0.2) is 5.57 Å². The van der Waals surface area contributed by atoms with E-state index in [-0.39, 0.29) is 17.4 Å². The molecule has 0 radical (unpaired) electrons. The third kappa shape index (κ3) is 6.32. The number of esters is 1. The first-order valence-electron chi connectivity index (χ1n) is 14.3. The Labute approximate surface area is 247 Å². The summed E-state index contributed by atoms with van der Waals surface area (Å²) in [4.78, 5) is 29.1. The van der Waals surface area contributed by atoms with Crippen LogP contribution in [0.3, 0.4) is 0 Å². The van der Waals surface area contributed by atoms with Crippen molar-refractivity contribution in [1.29, 1.82) is 5.26 Å². The van der Waals surface area contributed by atoms with E-state index in [1.54, 1.807) is 29.2 Å². The van der Waals surface area contributed by atoms with E-state index in [1.807, 2.05) is 85.5 Å². The van der Waals surface area contributed by atoms with Crippen LogP contribution in [0.25, 0.3) is 0 Å². The van der Waals surface area contributed by atoms with Gasteiger partial charge in [-0.25, -0.2) is 4.79 Å². The van der Waals surface area contributed by atoms with Gasteiger partial charge in [-0.2, -0.15) is 5.26 Å². The Bertz CT molecular complexity index is 1380. The van der Waals surface area contributed by atoms with Crippen molar-refractivity contribution in [3.63, 3.8) is 0 Å². The van der Waals surface area contributed by atoms with Crippen molar-refractivity contribution < 1.29 is 19.4 Å². The molecule has 1 aliphatic heterocycles. The van der Waals surface area contributed by atoms with Gasteiger partial charge in [0.05, 0.1) is 7.11 Å². The van der Waals surface area contributed by atoms with Crippen molar-refractivity contribution in [1.82, 2.24) is 9.80 Å². The topological polar surface area (TPSA) is 106 Å². The summed E-state index contributed by atoms with van der Waals surface area (Å²) in [6.45, 7) is 6.10. The molecular weight excluding hydrogens is 528 g/mol. The number of nitrogens with zero attached hydrogens (tertiary/aromatic N) is 3. The number of amides is 1. The number of benzene rings is 3. The van der Waals surface area contributed by atoms with Crippen molar-refractivity contribution in [3.05, 3.63) is 113 Å². The number of hydrogen-bond donors (Lipinski definition) is 2. The molecule has 0 aromatic heterocycles. The zero-order chi connectivity index (χ0) is 30.1. The summed E-state index contributed by atoms with van der Waals surface area (Å²) in [6.07, 6.45) is 1.23. The first kappa shape index (κ1) is 30.4. The van der Waals surface area contributed by atoms with Gasteiger partial charge in [0.1, 0.15) is 17.5 Å². The van der Waals surface area contributed by atoms with Crippen LogP contribution in [0, 0.1) is 17.2 Å². The fourth-order valence-corrected chi connectivity index (χ4v) is 5.67. The van der Waals surface area contributed by atoms with Gasteiger partial charge in [0, 0.05) is 37.4 Å². The van der Waals surface area contributed by atoms with Gasteiger partial charge in [-0.05, 0) is 68.0 Å². The number of piperidine rings is 1. The zero-order valence-corrected chi connectivity index (χ0v) is 24.4. The third-order valence-electron chi connectivity index (χ3n) is 8.01. The quantitative estimate of drug-likeness (QED) is 0.199. The molecule has 42 heavy (non-hydrogen) atoms. The number of aliphatic hydroxyl groups is 1. The maximum atomic E-state index is 12.8. The molecule has 0 spiro atoms. The molecule has 1 saturated heterocycles. The van der Waals surface area contributed by atoms with E-state index < -0.39 is 11.6 Å². The smallest absolute Gasteiger partial charge is 0.352 e. The molecule has 3 aromatic carbocycles. The van der Waals surface area contributed by atoms with Crippen LogP contribution < -0.4 is 5.32 Å². The molecule has 2 N–H and O–H groups in total. The minimum atomic E-state index is -1.19. The van der Waals surface area contributed by atoms with Crippen LogP contribution in [-0.4, -0.2) is 60.1 Å².